The maximum Gasteiger partial charge on any atom is 0.269 e. The number of fused-ring (bicyclic) bond motifs is 3. The number of hydrogen-bond acceptors (Lipinski definition) is 2. The molecule has 0 aliphatic heterocycles. The monoisotopic (exact) mass is 343 g/mol. The molecule has 0 spiro atoms. The van der Waals surface area contributed by atoms with Gasteiger partial charge in [0.15, 0.2) is 0 Å². The van der Waals surface area contributed by atoms with Gasteiger partial charge >= 0.3 is 0 Å². The number of aromatic amines is 1. The molecule has 0 fully saturated rings. The van der Waals surface area contributed by atoms with E-state index >= 15 is 0 Å². The first-order valence-electron chi connectivity index (χ1n) is 8.92. The Hall–Kier alpha value is -3.14. The van der Waals surface area contributed by atoms with Crippen LogP contribution in [-0.2, 0) is 6.42 Å². The molecule has 26 heavy (non-hydrogen) atoms. The summed E-state index contributed by atoms with van der Waals surface area (Å²) in [6.45, 7) is 2.57. The van der Waals surface area contributed by atoms with Crippen LogP contribution in [0.2, 0.25) is 0 Å². The molecular weight excluding hydrogens is 322 g/mol. The zero-order valence-electron chi connectivity index (χ0n) is 14.8. The molecule has 0 unspecified atom stereocenters. The lowest BCUT2D eigenvalue weighted by Gasteiger charge is -2.06. The SMILES string of the molecule is Cc1nc(C(=O)NCCCc2ccccc2)cc2c1[nH]c1ccccc12. The molecule has 0 bridgehead atoms. The largest absolute Gasteiger partial charge is 0.353 e. The number of nitrogens with zero attached hydrogens (tertiary/aromatic N) is 1. The number of aromatic nitrogens is 2. The van der Waals surface area contributed by atoms with Crippen LogP contribution in [0.3, 0.4) is 0 Å². The van der Waals surface area contributed by atoms with Gasteiger partial charge in [-0.25, -0.2) is 4.98 Å². The Kier molecular flexibility index (Phi) is 4.40. The molecule has 0 radical (unpaired) electrons. The van der Waals surface area contributed by atoms with Crippen molar-refractivity contribution in [3.63, 3.8) is 0 Å². The molecule has 2 N–H and O–H groups in total. The molecule has 0 aliphatic rings. The van der Waals surface area contributed by atoms with E-state index in [4.69, 9.17) is 0 Å². The summed E-state index contributed by atoms with van der Waals surface area (Å²) in [5.74, 6) is -0.117. The van der Waals surface area contributed by atoms with E-state index in [1.165, 1.54) is 5.56 Å². The van der Waals surface area contributed by atoms with Crippen LogP contribution in [0.4, 0.5) is 0 Å². The van der Waals surface area contributed by atoms with E-state index in [1.807, 2.05) is 49.4 Å². The Morgan fingerprint density at radius 3 is 2.65 bits per heavy atom. The summed E-state index contributed by atoms with van der Waals surface area (Å²) >= 11 is 0. The number of nitrogens with one attached hydrogen (secondary N) is 2. The normalized spacial score (nSPS) is 11.1. The third-order valence-electron chi connectivity index (χ3n) is 4.68. The minimum atomic E-state index is -0.117. The number of rotatable bonds is 5. The van der Waals surface area contributed by atoms with E-state index in [0.717, 1.165) is 40.3 Å². The van der Waals surface area contributed by atoms with Crippen molar-refractivity contribution < 1.29 is 4.79 Å². The highest BCUT2D eigenvalue weighted by Gasteiger charge is 2.13. The molecule has 4 aromatic rings. The molecule has 2 heterocycles. The summed E-state index contributed by atoms with van der Waals surface area (Å²) in [5.41, 5.74) is 4.66. The van der Waals surface area contributed by atoms with Gasteiger partial charge in [-0.05, 0) is 37.5 Å². The molecule has 4 heteroatoms. The van der Waals surface area contributed by atoms with E-state index in [1.54, 1.807) is 0 Å². The van der Waals surface area contributed by atoms with Gasteiger partial charge in [-0.1, -0.05) is 48.5 Å². The zero-order valence-corrected chi connectivity index (χ0v) is 14.8. The molecule has 0 saturated heterocycles. The first-order valence-corrected chi connectivity index (χ1v) is 8.92. The topological polar surface area (TPSA) is 57.8 Å². The number of hydrogen-bond donors (Lipinski definition) is 2. The number of carbonyl (C=O) groups is 1. The standard InChI is InChI=1S/C22H21N3O/c1-15-21-18(17-11-5-6-12-19(17)25-21)14-20(24-15)22(26)23-13-7-10-16-8-3-2-4-9-16/h2-6,8-9,11-12,14,25H,7,10,13H2,1H3,(H,23,26). The lowest BCUT2D eigenvalue weighted by Crippen LogP contribution is -2.25. The van der Waals surface area contributed by atoms with E-state index in [-0.39, 0.29) is 5.91 Å². The van der Waals surface area contributed by atoms with Crippen molar-refractivity contribution in [2.75, 3.05) is 6.54 Å². The molecule has 2 aromatic carbocycles. The molecule has 0 aliphatic carbocycles. The predicted octanol–water partition coefficient (Wildman–Crippen LogP) is 4.39. The summed E-state index contributed by atoms with van der Waals surface area (Å²) in [6.07, 6.45) is 1.86. The van der Waals surface area contributed by atoms with Crippen LogP contribution in [0.15, 0.2) is 60.7 Å². The van der Waals surface area contributed by atoms with Crippen molar-refractivity contribution in [3.05, 3.63) is 77.6 Å². The molecule has 1 amide bonds. The number of amides is 1. The smallest absolute Gasteiger partial charge is 0.269 e. The maximum atomic E-state index is 12.5. The summed E-state index contributed by atoms with van der Waals surface area (Å²) in [5, 5.41) is 5.15. The second-order valence-electron chi connectivity index (χ2n) is 6.53. The Balaban J connectivity index is 1.49. The molecule has 130 valence electrons. The van der Waals surface area contributed by atoms with E-state index < -0.39 is 0 Å². The Labute approximate surface area is 152 Å². The van der Waals surface area contributed by atoms with Crippen LogP contribution in [-0.4, -0.2) is 22.4 Å². The molecule has 2 aromatic heterocycles. The quantitative estimate of drug-likeness (QED) is 0.528. The molecule has 4 rings (SSSR count). The van der Waals surface area contributed by atoms with Crippen molar-refractivity contribution in [1.82, 2.24) is 15.3 Å². The zero-order chi connectivity index (χ0) is 17.9. The third kappa shape index (κ3) is 3.18. The highest BCUT2D eigenvalue weighted by molar-refractivity contribution is 6.10. The number of H-pyrrole nitrogens is 1. The minimum absolute atomic E-state index is 0.117. The number of aryl methyl sites for hydroxylation is 2. The second kappa shape index (κ2) is 7.00. The van der Waals surface area contributed by atoms with Gasteiger partial charge < -0.3 is 10.3 Å². The van der Waals surface area contributed by atoms with Crippen molar-refractivity contribution in [2.45, 2.75) is 19.8 Å². The van der Waals surface area contributed by atoms with Gasteiger partial charge in [-0.2, -0.15) is 0 Å². The van der Waals surface area contributed by atoms with E-state index in [9.17, 15) is 4.79 Å². The van der Waals surface area contributed by atoms with E-state index in [0.29, 0.717) is 12.2 Å². The summed E-state index contributed by atoms with van der Waals surface area (Å²) in [6, 6.07) is 20.3. The summed E-state index contributed by atoms with van der Waals surface area (Å²) in [4.78, 5) is 20.4. The van der Waals surface area contributed by atoms with Crippen LogP contribution in [0, 0.1) is 6.92 Å². The second-order valence-corrected chi connectivity index (χ2v) is 6.53. The van der Waals surface area contributed by atoms with Crippen molar-refractivity contribution in [3.8, 4) is 0 Å². The fraction of sp³-hybridized carbons (Fsp3) is 0.182. The third-order valence-corrected chi connectivity index (χ3v) is 4.68. The van der Waals surface area contributed by atoms with Gasteiger partial charge in [0.1, 0.15) is 5.69 Å². The van der Waals surface area contributed by atoms with Gasteiger partial charge in [0.2, 0.25) is 0 Å². The number of pyridine rings is 1. The number of para-hydroxylation sites is 1. The maximum absolute atomic E-state index is 12.5. The van der Waals surface area contributed by atoms with Gasteiger partial charge in [0, 0.05) is 22.8 Å². The number of benzene rings is 2. The number of carbonyl (C=O) groups excluding carboxylic acids is 1. The average molecular weight is 343 g/mol. The lowest BCUT2D eigenvalue weighted by atomic mass is 10.1. The van der Waals surface area contributed by atoms with Gasteiger partial charge in [0.25, 0.3) is 5.91 Å². The molecule has 0 atom stereocenters. The lowest BCUT2D eigenvalue weighted by molar-refractivity contribution is 0.0948. The Morgan fingerprint density at radius 1 is 1.04 bits per heavy atom. The highest BCUT2D eigenvalue weighted by atomic mass is 16.1. The van der Waals surface area contributed by atoms with Gasteiger partial charge in [-0.3, -0.25) is 4.79 Å². The Morgan fingerprint density at radius 2 is 1.81 bits per heavy atom. The van der Waals surface area contributed by atoms with Crippen molar-refractivity contribution in [2.24, 2.45) is 0 Å². The van der Waals surface area contributed by atoms with Gasteiger partial charge in [0.05, 0.1) is 11.2 Å². The first kappa shape index (κ1) is 16.3. The Bertz CT molecular complexity index is 1070. The average Bonchev–Trinajstić information content (AvgIpc) is 3.05. The highest BCUT2D eigenvalue weighted by Crippen LogP contribution is 2.27. The molecule has 4 nitrogen and oxygen atoms in total. The van der Waals surface area contributed by atoms with Crippen LogP contribution in [0.1, 0.15) is 28.2 Å². The summed E-state index contributed by atoms with van der Waals surface area (Å²) in [7, 11) is 0. The van der Waals surface area contributed by atoms with Crippen LogP contribution < -0.4 is 5.32 Å². The molecular formula is C22H21N3O. The van der Waals surface area contributed by atoms with Crippen molar-refractivity contribution in [1.29, 1.82) is 0 Å². The first-order chi connectivity index (χ1) is 12.7. The van der Waals surface area contributed by atoms with Crippen LogP contribution in [0.25, 0.3) is 21.8 Å². The van der Waals surface area contributed by atoms with Crippen LogP contribution >= 0.6 is 0 Å². The van der Waals surface area contributed by atoms with Gasteiger partial charge in [-0.15, -0.1) is 0 Å². The van der Waals surface area contributed by atoms with Crippen molar-refractivity contribution >= 4 is 27.7 Å². The van der Waals surface area contributed by atoms with Crippen LogP contribution in [0.5, 0.6) is 0 Å². The fourth-order valence-electron chi connectivity index (χ4n) is 3.35. The molecule has 0 saturated carbocycles. The fourth-order valence-corrected chi connectivity index (χ4v) is 3.35. The van der Waals surface area contributed by atoms with E-state index in [2.05, 4.69) is 33.5 Å². The summed E-state index contributed by atoms with van der Waals surface area (Å²) < 4.78 is 0. The predicted molar refractivity (Wildman–Crippen MR) is 105 cm³/mol. The minimum Gasteiger partial charge on any atom is -0.353 e.